The Balaban J connectivity index is 1.32. The number of nitrogens with zero attached hydrogens (tertiary/aromatic N) is 3. The summed E-state index contributed by atoms with van der Waals surface area (Å²) in [6, 6.07) is 11.9. The Labute approximate surface area is 171 Å². The molecule has 3 aromatic rings. The Morgan fingerprint density at radius 2 is 2.04 bits per heavy atom. The van der Waals surface area contributed by atoms with Crippen molar-refractivity contribution in [2.75, 3.05) is 19.0 Å². The van der Waals surface area contributed by atoms with Crippen LogP contribution in [0.5, 0.6) is 11.5 Å². The third kappa shape index (κ3) is 3.76. The summed E-state index contributed by atoms with van der Waals surface area (Å²) < 4.78 is 20.0. The summed E-state index contributed by atoms with van der Waals surface area (Å²) in [6.45, 7) is 2.17. The van der Waals surface area contributed by atoms with Gasteiger partial charge >= 0.3 is 0 Å². The Kier molecular flexibility index (Phi) is 5.24. The van der Waals surface area contributed by atoms with Crippen LogP contribution in [0.4, 0.5) is 0 Å². The molecule has 2 aromatic heterocycles. The SMILES string of the molecule is c1csc(-c2nnc(SCC3COc4ccccc4O3)n2CC2CCCO2)c1. The number of benzene rings is 1. The quantitative estimate of drug-likeness (QED) is 0.565. The summed E-state index contributed by atoms with van der Waals surface area (Å²) in [7, 11) is 0. The Hall–Kier alpha value is -2.03. The minimum atomic E-state index is -0.0158. The maximum absolute atomic E-state index is 6.08. The van der Waals surface area contributed by atoms with E-state index in [4.69, 9.17) is 14.2 Å². The van der Waals surface area contributed by atoms with E-state index in [0.717, 1.165) is 59.1 Å². The first-order valence-corrected chi connectivity index (χ1v) is 11.3. The van der Waals surface area contributed by atoms with Crippen molar-refractivity contribution in [3.63, 3.8) is 0 Å². The molecule has 0 aliphatic carbocycles. The maximum Gasteiger partial charge on any atom is 0.191 e. The number of ether oxygens (including phenoxy) is 3. The van der Waals surface area contributed by atoms with E-state index < -0.39 is 0 Å². The van der Waals surface area contributed by atoms with Gasteiger partial charge in [-0.05, 0) is 36.4 Å². The van der Waals surface area contributed by atoms with Crippen LogP contribution in [0.2, 0.25) is 0 Å². The largest absolute Gasteiger partial charge is 0.486 e. The molecule has 6 nitrogen and oxygen atoms in total. The molecule has 1 aromatic carbocycles. The van der Waals surface area contributed by atoms with Crippen molar-refractivity contribution in [2.24, 2.45) is 0 Å². The van der Waals surface area contributed by atoms with Crippen LogP contribution >= 0.6 is 23.1 Å². The predicted octanol–water partition coefficient (Wildman–Crippen LogP) is 4.12. The Morgan fingerprint density at radius 1 is 1.11 bits per heavy atom. The van der Waals surface area contributed by atoms with Crippen LogP contribution in [0.15, 0.2) is 46.9 Å². The molecule has 0 saturated carbocycles. The van der Waals surface area contributed by atoms with Gasteiger partial charge in [0.2, 0.25) is 0 Å². The average molecular weight is 416 g/mol. The van der Waals surface area contributed by atoms with Crippen LogP contribution in [-0.4, -0.2) is 45.9 Å². The molecule has 0 bridgehead atoms. The summed E-state index contributed by atoms with van der Waals surface area (Å²) in [5, 5.41) is 11.9. The van der Waals surface area contributed by atoms with Crippen molar-refractivity contribution in [3.8, 4) is 22.2 Å². The highest BCUT2D eigenvalue weighted by atomic mass is 32.2. The van der Waals surface area contributed by atoms with Crippen LogP contribution in [0.3, 0.4) is 0 Å². The van der Waals surface area contributed by atoms with Gasteiger partial charge in [-0.1, -0.05) is 30.0 Å². The number of aromatic nitrogens is 3. The van der Waals surface area contributed by atoms with Crippen LogP contribution in [-0.2, 0) is 11.3 Å². The minimum absolute atomic E-state index is 0.0158. The van der Waals surface area contributed by atoms with E-state index in [1.54, 1.807) is 23.1 Å². The highest BCUT2D eigenvalue weighted by molar-refractivity contribution is 7.99. The smallest absolute Gasteiger partial charge is 0.191 e. The summed E-state index contributed by atoms with van der Waals surface area (Å²) in [5.74, 6) is 3.28. The monoisotopic (exact) mass is 415 g/mol. The first-order chi connectivity index (χ1) is 13.9. The van der Waals surface area contributed by atoms with E-state index in [1.807, 2.05) is 30.3 Å². The number of thiophene rings is 1. The molecule has 2 atom stereocenters. The lowest BCUT2D eigenvalue weighted by Crippen LogP contribution is -2.31. The fraction of sp³-hybridized carbons (Fsp3) is 0.400. The van der Waals surface area contributed by atoms with E-state index in [9.17, 15) is 0 Å². The molecule has 5 rings (SSSR count). The second-order valence-corrected chi connectivity index (χ2v) is 8.77. The number of fused-ring (bicyclic) bond motifs is 1. The molecule has 4 heterocycles. The number of thioether (sulfide) groups is 1. The number of hydrogen-bond donors (Lipinski definition) is 0. The topological polar surface area (TPSA) is 58.4 Å². The molecule has 0 amide bonds. The van der Waals surface area contributed by atoms with Crippen LogP contribution < -0.4 is 9.47 Å². The lowest BCUT2D eigenvalue weighted by atomic mass is 10.2. The molecule has 0 radical (unpaired) electrons. The van der Waals surface area contributed by atoms with Crippen molar-refractivity contribution in [1.82, 2.24) is 14.8 Å². The number of rotatable bonds is 6. The zero-order chi connectivity index (χ0) is 18.8. The second-order valence-electron chi connectivity index (χ2n) is 6.84. The van der Waals surface area contributed by atoms with Gasteiger partial charge in [0.25, 0.3) is 0 Å². The molecular weight excluding hydrogens is 394 g/mol. The Morgan fingerprint density at radius 3 is 2.86 bits per heavy atom. The maximum atomic E-state index is 6.08. The molecule has 8 heteroatoms. The summed E-state index contributed by atoms with van der Waals surface area (Å²) in [5.41, 5.74) is 0. The van der Waals surface area contributed by atoms with Gasteiger partial charge in [0.05, 0.1) is 17.5 Å². The van der Waals surface area contributed by atoms with E-state index in [1.165, 1.54) is 0 Å². The molecule has 1 fully saturated rings. The van der Waals surface area contributed by atoms with Gasteiger partial charge in [-0.3, -0.25) is 4.57 Å². The standard InChI is InChI=1S/C20H21N3O3S2/c1-2-7-17-16(6-1)25-12-15(26-17)13-28-20-22-21-19(18-8-4-10-27-18)23(20)11-14-5-3-9-24-14/h1-2,4,6-8,10,14-15H,3,5,9,11-13H2. The highest BCUT2D eigenvalue weighted by Crippen LogP contribution is 2.33. The fourth-order valence-corrected chi connectivity index (χ4v) is 5.08. The first-order valence-electron chi connectivity index (χ1n) is 9.47. The molecular formula is C20H21N3O3S2. The van der Waals surface area contributed by atoms with E-state index >= 15 is 0 Å². The third-order valence-corrected chi connectivity index (χ3v) is 6.80. The zero-order valence-corrected chi connectivity index (χ0v) is 17.0. The lowest BCUT2D eigenvalue weighted by Gasteiger charge is -2.26. The van der Waals surface area contributed by atoms with E-state index in [0.29, 0.717) is 6.61 Å². The first kappa shape index (κ1) is 18.0. The number of para-hydroxylation sites is 2. The van der Waals surface area contributed by atoms with Gasteiger partial charge < -0.3 is 14.2 Å². The minimum Gasteiger partial charge on any atom is -0.486 e. The molecule has 28 heavy (non-hydrogen) atoms. The van der Waals surface area contributed by atoms with Crippen molar-refractivity contribution < 1.29 is 14.2 Å². The normalized spacial score (nSPS) is 21.1. The molecule has 0 spiro atoms. The molecule has 2 aliphatic heterocycles. The van der Waals surface area contributed by atoms with E-state index in [-0.39, 0.29) is 12.2 Å². The third-order valence-electron chi connectivity index (χ3n) is 4.83. The van der Waals surface area contributed by atoms with Crippen molar-refractivity contribution in [3.05, 3.63) is 41.8 Å². The Bertz CT molecular complexity index is 923. The average Bonchev–Trinajstić information content (AvgIpc) is 3.49. The predicted molar refractivity (Wildman–Crippen MR) is 109 cm³/mol. The van der Waals surface area contributed by atoms with Gasteiger partial charge in [0.15, 0.2) is 22.5 Å². The van der Waals surface area contributed by atoms with Crippen LogP contribution in [0, 0.1) is 0 Å². The summed E-state index contributed by atoms with van der Waals surface area (Å²) in [4.78, 5) is 1.13. The number of hydrogen-bond acceptors (Lipinski definition) is 7. The molecule has 2 aliphatic rings. The van der Waals surface area contributed by atoms with Crippen LogP contribution in [0.25, 0.3) is 10.7 Å². The molecule has 2 unspecified atom stereocenters. The van der Waals surface area contributed by atoms with Gasteiger partial charge in [-0.25, -0.2) is 0 Å². The molecule has 1 saturated heterocycles. The van der Waals surface area contributed by atoms with Crippen LogP contribution in [0.1, 0.15) is 12.8 Å². The summed E-state index contributed by atoms with van der Waals surface area (Å²) >= 11 is 3.34. The zero-order valence-electron chi connectivity index (χ0n) is 15.3. The fourth-order valence-electron chi connectivity index (χ4n) is 3.45. The van der Waals surface area contributed by atoms with Crippen molar-refractivity contribution >= 4 is 23.1 Å². The van der Waals surface area contributed by atoms with E-state index in [2.05, 4.69) is 26.2 Å². The van der Waals surface area contributed by atoms with Crippen molar-refractivity contribution in [2.45, 2.75) is 36.8 Å². The highest BCUT2D eigenvalue weighted by Gasteiger charge is 2.25. The van der Waals surface area contributed by atoms with Gasteiger partial charge in [-0.15, -0.1) is 21.5 Å². The second kappa shape index (κ2) is 8.14. The van der Waals surface area contributed by atoms with Gasteiger partial charge in [0, 0.05) is 12.4 Å². The van der Waals surface area contributed by atoms with Gasteiger partial charge in [-0.2, -0.15) is 0 Å². The van der Waals surface area contributed by atoms with Crippen molar-refractivity contribution in [1.29, 1.82) is 0 Å². The molecule has 0 N–H and O–H groups in total. The van der Waals surface area contributed by atoms with Gasteiger partial charge in [0.1, 0.15) is 12.7 Å². The summed E-state index contributed by atoms with van der Waals surface area (Å²) in [6.07, 6.45) is 2.42. The lowest BCUT2D eigenvalue weighted by molar-refractivity contribution is 0.0952. The molecule has 146 valence electrons.